The lowest BCUT2D eigenvalue weighted by atomic mass is 9.95. The van der Waals surface area contributed by atoms with Gasteiger partial charge in [-0.25, -0.2) is 4.98 Å². The summed E-state index contributed by atoms with van der Waals surface area (Å²) in [5, 5.41) is 5.05. The Morgan fingerprint density at radius 3 is 2.50 bits per heavy atom. The second kappa shape index (κ2) is 9.23. The number of hydrogen-bond acceptors (Lipinski definition) is 6. The van der Waals surface area contributed by atoms with Crippen LogP contribution in [-0.4, -0.2) is 36.4 Å². The number of ether oxygens (including phenoxy) is 1. The lowest BCUT2D eigenvalue weighted by molar-refractivity contribution is 0.336. The summed E-state index contributed by atoms with van der Waals surface area (Å²) in [6.07, 6.45) is 5.57. The van der Waals surface area contributed by atoms with Gasteiger partial charge in [0.1, 0.15) is 11.3 Å². The Bertz CT molecular complexity index is 1390. The highest BCUT2D eigenvalue weighted by molar-refractivity contribution is 7.91. The molecule has 1 aromatic carbocycles. The molecule has 1 atom stereocenters. The van der Waals surface area contributed by atoms with E-state index in [2.05, 4.69) is 15.1 Å². The summed E-state index contributed by atoms with van der Waals surface area (Å²) in [5.74, 6) is 0.596. The zero-order valence-corrected chi connectivity index (χ0v) is 20.3. The molecular formula is C25H27N5O3S. The molecule has 0 aliphatic heterocycles. The molecule has 3 aromatic heterocycles. The molecule has 0 amide bonds. The molecule has 1 aliphatic rings. The van der Waals surface area contributed by atoms with Gasteiger partial charge in [-0.1, -0.05) is 37.0 Å². The van der Waals surface area contributed by atoms with E-state index in [1.165, 1.54) is 13.5 Å². The van der Waals surface area contributed by atoms with Gasteiger partial charge in [-0.05, 0) is 44.9 Å². The van der Waals surface area contributed by atoms with E-state index < -0.39 is 11.2 Å². The number of hydrogen-bond donors (Lipinski definition) is 1. The molecule has 0 spiro atoms. The third-order valence-corrected chi connectivity index (χ3v) is 7.66. The van der Waals surface area contributed by atoms with Crippen molar-refractivity contribution in [3.8, 4) is 17.3 Å². The fourth-order valence-corrected chi connectivity index (χ4v) is 5.54. The van der Waals surface area contributed by atoms with E-state index in [1.807, 2.05) is 42.8 Å². The second-order valence-electron chi connectivity index (χ2n) is 8.72. The van der Waals surface area contributed by atoms with Crippen molar-refractivity contribution in [1.82, 2.24) is 24.7 Å². The Balaban J connectivity index is 1.55. The zero-order valence-electron chi connectivity index (χ0n) is 19.5. The van der Waals surface area contributed by atoms with Gasteiger partial charge in [0.15, 0.2) is 10.4 Å². The SMILES string of the molecule is COc1nc([S+]([O-])c2ccc(C)cc2)ccc1-c1nc2c(C)nn(C3CCCCC3)c2c(=O)[nH]1. The molecule has 0 saturated heterocycles. The molecule has 0 bridgehead atoms. The van der Waals surface area contributed by atoms with Gasteiger partial charge < -0.3 is 14.3 Å². The number of methoxy groups -OCH3 is 1. The maximum Gasteiger partial charge on any atom is 0.277 e. The van der Waals surface area contributed by atoms with Crippen LogP contribution in [0.2, 0.25) is 0 Å². The molecule has 1 unspecified atom stereocenters. The third-order valence-electron chi connectivity index (χ3n) is 6.35. The number of rotatable bonds is 5. The molecule has 5 rings (SSSR count). The Hall–Kier alpha value is -3.17. The van der Waals surface area contributed by atoms with Gasteiger partial charge in [-0.3, -0.25) is 9.48 Å². The number of nitrogens with one attached hydrogen (secondary N) is 1. The van der Waals surface area contributed by atoms with Crippen LogP contribution in [0.1, 0.15) is 49.4 Å². The van der Waals surface area contributed by atoms with Crippen LogP contribution in [0.5, 0.6) is 5.88 Å². The van der Waals surface area contributed by atoms with Crippen molar-refractivity contribution in [2.75, 3.05) is 7.11 Å². The molecule has 1 N–H and O–H groups in total. The standard InChI is InChI=1S/C25H27N5O3S/c1-15-9-11-18(12-10-15)34(32)20-14-13-19(25(26-20)33-3)23-27-21-16(2)29-30(22(21)24(31)28-23)17-7-5-4-6-8-17/h9-14,17H,4-8H2,1-3H3,(H,27,28,31). The fraction of sp³-hybridized carbons (Fsp3) is 0.360. The summed E-state index contributed by atoms with van der Waals surface area (Å²) >= 11 is -1.46. The van der Waals surface area contributed by atoms with Crippen LogP contribution in [0.3, 0.4) is 0 Å². The Kier molecular flexibility index (Phi) is 6.14. The van der Waals surface area contributed by atoms with E-state index in [1.54, 1.807) is 12.1 Å². The van der Waals surface area contributed by atoms with Gasteiger partial charge in [0.05, 0.1) is 24.4 Å². The minimum Gasteiger partial charge on any atom is -0.605 e. The Labute approximate surface area is 200 Å². The first-order valence-corrected chi connectivity index (χ1v) is 12.6. The molecule has 1 aliphatic carbocycles. The molecule has 176 valence electrons. The molecule has 0 radical (unpaired) electrons. The lowest BCUT2D eigenvalue weighted by Crippen LogP contribution is -2.19. The topological polar surface area (TPSA) is 109 Å². The van der Waals surface area contributed by atoms with Crippen LogP contribution in [0.25, 0.3) is 22.4 Å². The van der Waals surface area contributed by atoms with Crippen molar-refractivity contribution in [2.45, 2.75) is 61.9 Å². The van der Waals surface area contributed by atoms with E-state index in [-0.39, 0.29) is 17.5 Å². The number of aryl methyl sites for hydroxylation is 2. The summed E-state index contributed by atoms with van der Waals surface area (Å²) in [6.45, 7) is 3.86. The normalized spacial score (nSPS) is 15.5. The minimum atomic E-state index is -1.46. The van der Waals surface area contributed by atoms with Crippen molar-refractivity contribution < 1.29 is 9.29 Å². The number of pyridine rings is 1. The fourth-order valence-electron chi connectivity index (χ4n) is 4.55. The summed E-state index contributed by atoms with van der Waals surface area (Å²) in [6, 6.07) is 11.1. The van der Waals surface area contributed by atoms with Crippen molar-refractivity contribution >= 4 is 22.2 Å². The maximum absolute atomic E-state index is 13.2. The largest absolute Gasteiger partial charge is 0.605 e. The average Bonchev–Trinajstić information content (AvgIpc) is 3.21. The first-order chi connectivity index (χ1) is 16.5. The van der Waals surface area contributed by atoms with E-state index in [9.17, 15) is 9.35 Å². The summed E-state index contributed by atoms with van der Waals surface area (Å²) < 4.78 is 20.4. The first kappa shape index (κ1) is 22.6. The van der Waals surface area contributed by atoms with Crippen molar-refractivity contribution in [3.05, 3.63) is 58.0 Å². The highest BCUT2D eigenvalue weighted by atomic mass is 32.2. The van der Waals surface area contributed by atoms with Gasteiger partial charge in [-0.15, -0.1) is 0 Å². The van der Waals surface area contributed by atoms with Gasteiger partial charge >= 0.3 is 0 Å². The van der Waals surface area contributed by atoms with Gasteiger partial charge in [0.2, 0.25) is 5.88 Å². The van der Waals surface area contributed by atoms with Crippen LogP contribution in [0.4, 0.5) is 0 Å². The predicted molar refractivity (Wildman–Crippen MR) is 131 cm³/mol. The van der Waals surface area contributed by atoms with Crippen LogP contribution < -0.4 is 10.3 Å². The molecule has 9 heteroatoms. The van der Waals surface area contributed by atoms with E-state index in [4.69, 9.17) is 9.72 Å². The van der Waals surface area contributed by atoms with Crippen molar-refractivity contribution in [2.24, 2.45) is 0 Å². The number of H-pyrrole nitrogens is 1. The summed E-state index contributed by atoms with van der Waals surface area (Å²) in [7, 11) is 1.49. The summed E-state index contributed by atoms with van der Waals surface area (Å²) in [5.41, 5.74) is 3.19. The monoisotopic (exact) mass is 477 g/mol. The molecule has 1 fully saturated rings. The molecule has 1 saturated carbocycles. The maximum atomic E-state index is 13.2. The van der Waals surface area contributed by atoms with Crippen LogP contribution in [-0.2, 0) is 11.2 Å². The van der Waals surface area contributed by atoms with E-state index in [0.29, 0.717) is 32.3 Å². The number of benzene rings is 1. The van der Waals surface area contributed by atoms with Gasteiger partial charge in [0, 0.05) is 17.2 Å². The predicted octanol–water partition coefficient (Wildman–Crippen LogP) is 4.48. The highest BCUT2D eigenvalue weighted by Crippen LogP contribution is 2.32. The summed E-state index contributed by atoms with van der Waals surface area (Å²) in [4.78, 5) is 25.9. The molecule has 4 aromatic rings. The van der Waals surface area contributed by atoms with Gasteiger partial charge in [0.25, 0.3) is 10.6 Å². The van der Waals surface area contributed by atoms with Crippen molar-refractivity contribution in [3.63, 3.8) is 0 Å². The van der Waals surface area contributed by atoms with E-state index >= 15 is 0 Å². The Morgan fingerprint density at radius 1 is 1.06 bits per heavy atom. The van der Waals surface area contributed by atoms with Crippen LogP contribution in [0.15, 0.2) is 51.1 Å². The quantitative estimate of drug-likeness (QED) is 0.425. The number of aromatic nitrogens is 5. The minimum absolute atomic E-state index is 0.228. The van der Waals surface area contributed by atoms with Crippen molar-refractivity contribution in [1.29, 1.82) is 0 Å². The molecule has 34 heavy (non-hydrogen) atoms. The third kappa shape index (κ3) is 4.10. The molecule has 3 heterocycles. The number of nitrogens with zero attached hydrogens (tertiary/aromatic N) is 4. The zero-order chi connectivity index (χ0) is 23.8. The van der Waals surface area contributed by atoms with Crippen LogP contribution >= 0.6 is 0 Å². The van der Waals surface area contributed by atoms with Gasteiger partial charge in [-0.2, -0.15) is 10.1 Å². The lowest BCUT2D eigenvalue weighted by Gasteiger charge is -2.22. The highest BCUT2D eigenvalue weighted by Gasteiger charge is 2.24. The number of aromatic amines is 1. The Morgan fingerprint density at radius 2 is 1.79 bits per heavy atom. The second-order valence-corrected chi connectivity index (χ2v) is 10.1. The number of fused-ring (bicyclic) bond motifs is 1. The first-order valence-electron chi connectivity index (χ1n) is 11.5. The molecule has 8 nitrogen and oxygen atoms in total. The molecular weight excluding hydrogens is 450 g/mol. The van der Waals surface area contributed by atoms with E-state index in [0.717, 1.165) is 36.9 Å². The van der Waals surface area contributed by atoms with Crippen LogP contribution in [0, 0.1) is 13.8 Å². The smallest absolute Gasteiger partial charge is 0.277 e. The average molecular weight is 478 g/mol.